The number of hydrogen-bond acceptors (Lipinski definition) is 2. The molecule has 1 fully saturated rings. The minimum Gasteiger partial charge on any atom is -0.342 e. The predicted molar refractivity (Wildman–Crippen MR) is 96.0 cm³/mol. The maximum absolute atomic E-state index is 13.2. The van der Waals surface area contributed by atoms with Crippen molar-refractivity contribution in [2.45, 2.75) is 52.0 Å². The number of amides is 1. The Kier molecular flexibility index (Phi) is 5.21. The van der Waals surface area contributed by atoms with Crippen molar-refractivity contribution in [3.05, 3.63) is 53.4 Å². The lowest BCUT2D eigenvalue weighted by atomic mass is 9.96. The molecule has 2 heterocycles. The summed E-state index contributed by atoms with van der Waals surface area (Å²) in [6.45, 7) is 7.65. The first-order valence-electron chi connectivity index (χ1n) is 9.01. The van der Waals surface area contributed by atoms with Crippen LogP contribution in [0, 0.1) is 12.7 Å². The van der Waals surface area contributed by atoms with Crippen LogP contribution >= 0.6 is 0 Å². The van der Waals surface area contributed by atoms with Gasteiger partial charge in [0.05, 0.1) is 6.42 Å². The molecule has 0 N–H and O–H groups in total. The van der Waals surface area contributed by atoms with Gasteiger partial charge in [-0.2, -0.15) is 0 Å². The second kappa shape index (κ2) is 7.38. The molecule has 0 radical (unpaired) electrons. The van der Waals surface area contributed by atoms with Crippen molar-refractivity contribution in [2.75, 3.05) is 13.1 Å². The highest BCUT2D eigenvalue weighted by atomic mass is 19.1. The monoisotopic (exact) mass is 343 g/mol. The number of piperidine rings is 1. The number of nitrogens with zero attached hydrogens (tertiary/aromatic N) is 3. The number of imidazole rings is 1. The van der Waals surface area contributed by atoms with E-state index in [0.29, 0.717) is 19.0 Å². The molecule has 1 unspecified atom stereocenters. The molecule has 134 valence electrons. The lowest BCUT2D eigenvalue weighted by Gasteiger charge is -2.33. The number of carbonyl (C=O) groups is 1. The first-order chi connectivity index (χ1) is 12.0. The quantitative estimate of drug-likeness (QED) is 0.845. The van der Waals surface area contributed by atoms with E-state index in [4.69, 9.17) is 0 Å². The Labute approximate surface area is 148 Å². The average molecular weight is 343 g/mol. The summed E-state index contributed by atoms with van der Waals surface area (Å²) in [6, 6.07) is 5.00. The van der Waals surface area contributed by atoms with Gasteiger partial charge in [0.2, 0.25) is 5.91 Å². The van der Waals surface area contributed by atoms with Crippen molar-refractivity contribution in [3.63, 3.8) is 0 Å². The zero-order valence-electron chi connectivity index (χ0n) is 15.2. The second-order valence-electron chi connectivity index (χ2n) is 7.21. The third-order valence-electron chi connectivity index (χ3n) is 5.04. The molecular formula is C20H26FN3O. The smallest absolute Gasteiger partial charge is 0.227 e. The van der Waals surface area contributed by atoms with Gasteiger partial charge in [-0.1, -0.05) is 6.07 Å². The average Bonchev–Trinajstić information content (AvgIpc) is 3.07. The molecule has 3 rings (SSSR count). The number of hydrogen-bond donors (Lipinski definition) is 0. The maximum atomic E-state index is 13.2. The third kappa shape index (κ3) is 3.91. The molecule has 4 nitrogen and oxygen atoms in total. The van der Waals surface area contributed by atoms with Gasteiger partial charge in [0.1, 0.15) is 11.6 Å². The van der Waals surface area contributed by atoms with Crippen LogP contribution in [0.3, 0.4) is 0 Å². The molecule has 1 amide bonds. The van der Waals surface area contributed by atoms with Crippen LogP contribution in [-0.2, 0) is 11.2 Å². The van der Waals surface area contributed by atoms with Crippen LogP contribution in [0.25, 0.3) is 0 Å². The SMILES string of the molecule is Cc1cc(F)ccc1CC(=O)N1CCCC(c2nccn2C(C)C)C1. The van der Waals surface area contributed by atoms with Crippen molar-refractivity contribution in [3.8, 4) is 0 Å². The van der Waals surface area contributed by atoms with Gasteiger partial charge in [-0.3, -0.25) is 4.79 Å². The Morgan fingerprint density at radius 3 is 2.92 bits per heavy atom. The van der Waals surface area contributed by atoms with Crippen molar-refractivity contribution in [2.24, 2.45) is 0 Å². The van der Waals surface area contributed by atoms with E-state index in [0.717, 1.165) is 36.3 Å². The minimum atomic E-state index is -0.257. The highest BCUT2D eigenvalue weighted by Crippen LogP contribution is 2.28. The largest absolute Gasteiger partial charge is 0.342 e. The summed E-state index contributed by atoms with van der Waals surface area (Å²) in [5.41, 5.74) is 1.73. The normalized spacial score (nSPS) is 18.0. The molecule has 1 atom stereocenters. The van der Waals surface area contributed by atoms with Gasteiger partial charge in [0, 0.05) is 37.4 Å². The van der Waals surface area contributed by atoms with Crippen LogP contribution in [0.1, 0.15) is 55.6 Å². The lowest BCUT2D eigenvalue weighted by Crippen LogP contribution is -2.40. The number of likely N-dealkylation sites (tertiary alicyclic amines) is 1. The van der Waals surface area contributed by atoms with Crippen LogP contribution < -0.4 is 0 Å². The van der Waals surface area contributed by atoms with Gasteiger partial charge in [0.15, 0.2) is 0 Å². The van der Waals surface area contributed by atoms with Gasteiger partial charge >= 0.3 is 0 Å². The van der Waals surface area contributed by atoms with Crippen LogP contribution in [0.15, 0.2) is 30.6 Å². The van der Waals surface area contributed by atoms with Gasteiger partial charge in [0.25, 0.3) is 0 Å². The Morgan fingerprint density at radius 2 is 2.20 bits per heavy atom. The third-order valence-corrected chi connectivity index (χ3v) is 5.04. The summed E-state index contributed by atoms with van der Waals surface area (Å²) in [6.07, 6.45) is 6.24. The molecule has 1 saturated heterocycles. The summed E-state index contributed by atoms with van der Waals surface area (Å²) >= 11 is 0. The topological polar surface area (TPSA) is 38.1 Å². The van der Waals surface area contributed by atoms with Gasteiger partial charge in [-0.15, -0.1) is 0 Å². The van der Waals surface area contributed by atoms with Crippen molar-refractivity contribution in [1.82, 2.24) is 14.5 Å². The molecule has 0 saturated carbocycles. The highest BCUT2D eigenvalue weighted by Gasteiger charge is 2.28. The van der Waals surface area contributed by atoms with E-state index >= 15 is 0 Å². The summed E-state index contributed by atoms with van der Waals surface area (Å²) < 4.78 is 15.4. The Balaban J connectivity index is 1.70. The van der Waals surface area contributed by atoms with E-state index in [1.807, 2.05) is 24.2 Å². The van der Waals surface area contributed by atoms with Crippen molar-refractivity contribution in [1.29, 1.82) is 0 Å². The number of aryl methyl sites for hydroxylation is 1. The van der Waals surface area contributed by atoms with Crippen LogP contribution in [-0.4, -0.2) is 33.4 Å². The molecule has 0 bridgehead atoms. The van der Waals surface area contributed by atoms with Crippen LogP contribution in [0.5, 0.6) is 0 Å². The summed E-state index contributed by atoms with van der Waals surface area (Å²) in [4.78, 5) is 19.2. The van der Waals surface area contributed by atoms with E-state index < -0.39 is 0 Å². The van der Waals surface area contributed by atoms with Crippen molar-refractivity contribution < 1.29 is 9.18 Å². The predicted octanol–water partition coefficient (Wildman–Crippen LogP) is 3.86. The fourth-order valence-corrected chi connectivity index (χ4v) is 3.62. The zero-order valence-corrected chi connectivity index (χ0v) is 15.2. The molecule has 0 spiro atoms. The Morgan fingerprint density at radius 1 is 1.40 bits per heavy atom. The molecule has 1 aromatic heterocycles. The van der Waals surface area contributed by atoms with Crippen LogP contribution in [0.4, 0.5) is 4.39 Å². The first-order valence-corrected chi connectivity index (χ1v) is 9.01. The number of rotatable bonds is 4. The van der Waals surface area contributed by atoms with E-state index in [2.05, 4.69) is 23.4 Å². The molecule has 1 aromatic carbocycles. The van der Waals surface area contributed by atoms with E-state index in [-0.39, 0.29) is 17.6 Å². The fourth-order valence-electron chi connectivity index (χ4n) is 3.62. The molecular weight excluding hydrogens is 317 g/mol. The van der Waals surface area contributed by atoms with Crippen molar-refractivity contribution >= 4 is 5.91 Å². The minimum absolute atomic E-state index is 0.113. The molecule has 2 aromatic rings. The number of aromatic nitrogens is 2. The van der Waals surface area contributed by atoms with Crippen LogP contribution in [0.2, 0.25) is 0 Å². The summed E-state index contributed by atoms with van der Waals surface area (Å²) in [7, 11) is 0. The molecule has 5 heteroatoms. The lowest BCUT2D eigenvalue weighted by molar-refractivity contribution is -0.131. The second-order valence-corrected chi connectivity index (χ2v) is 7.21. The maximum Gasteiger partial charge on any atom is 0.227 e. The Hall–Kier alpha value is -2.17. The van der Waals surface area contributed by atoms with E-state index in [1.54, 1.807) is 6.07 Å². The highest BCUT2D eigenvalue weighted by molar-refractivity contribution is 5.79. The summed E-state index contributed by atoms with van der Waals surface area (Å²) in [5, 5.41) is 0. The van der Waals surface area contributed by atoms with E-state index in [1.165, 1.54) is 12.1 Å². The summed E-state index contributed by atoms with van der Waals surface area (Å²) in [5.74, 6) is 1.21. The fraction of sp³-hybridized carbons (Fsp3) is 0.500. The van der Waals surface area contributed by atoms with Gasteiger partial charge in [-0.25, -0.2) is 9.37 Å². The van der Waals surface area contributed by atoms with Gasteiger partial charge in [-0.05, 0) is 56.9 Å². The van der Waals surface area contributed by atoms with E-state index in [9.17, 15) is 9.18 Å². The zero-order chi connectivity index (χ0) is 18.0. The van der Waals surface area contributed by atoms with Gasteiger partial charge < -0.3 is 9.47 Å². The molecule has 0 aliphatic carbocycles. The number of carbonyl (C=O) groups excluding carboxylic acids is 1. The first kappa shape index (κ1) is 17.6. The number of halogens is 1. The molecule has 1 aliphatic rings. The number of benzene rings is 1. The standard InChI is InChI=1S/C20H26FN3O/c1-14(2)24-10-8-22-20(24)17-5-4-9-23(13-17)19(25)12-16-6-7-18(21)11-15(16)3/h6-8,10-11,14,17H,4-5,9,12-13H2,1-3H3. The molecule has 25 heavy (non-hydrogen) atoms. The molecule has 1 aliphatic heterocycles. The Bertz CT molecular complexity index is 753.